The second-order valence-corrected chi connectivity index (χ2v) is 5.42. The third-order valence-corrected chi connectivity index (χ3v) is 3.91. The Hall–Kier alpha value is -1.36. The van der Waals surface area contributed by atoms with Gasteiger partial charge in [0.25, 0.3) is 0 Å². The maximum absolute atomic E-state index is 5.74. The molecule has 0 amide bonds. The molecule has 4 nitrogen and oxygen atoms in total. The van der Waals surface area contributed by atoms with Crippen LogP contribution in [0.1, 0.15) is 24.8 Å². The summed E-state index contributed by atoms with van der Waals surface area (Å²) in [6.45, 7) is 2.14. The predicted molar refractivity (Wildman–Crippen MR) is 85.4 cm³/mol. The lowest BCUT2D eigenvalue weighted by atomic mass is 9.93. The number of rotatable bonds is 7. The first-order valence-electron chi connectivity index (χ1n) is 7.65. The number of nitrogens with two attached hydrogens (primary N) is 1. The fourth-order valence-corrected chi connectivity index (χ4v) is 2.68. The highest BCUT2D eigenvalue weighted by Gasteiger charge is 2.31. The van der Waals surface area contributed by atoms with Crippen LogP contribution in [0, 0.1) is 0 Å². The van der Waals surface area contributed by atoms with Crippen molar-refractivity contribution >= 4 is 0 Å². The molecule has 0 saturated carbocycles. The molecule has 1 aromatic carbocycles. The summed E-state index contributed by atoms with van der Waals surface area (Å²) >= 11 is 0. The van der Waals surface area contributed by atoms with Crippen LogP contribution in [0.5, 0.6) is 5.75 Å². The normalized spacial score (nSPS) is 22.6. The van der Waals surface area contributed by atoms with Gasteiger partial charge in [-0.25, -0.2) is 0 Å². The van der Waals surface area contributed by atoms with Gasteiger partial charge < -0.3 is 15.2 Å². The summed E-state index contributed by atoms with van der Waals surface area (Å²) in [5.74, 6) is 0.878. The molecule has 0 radical (unpaired) electrons. The van der Waals surface area contributed by atoms with Gasteiger partial charge in [-0.15, -0.1) is 0 Å². The Kier molecular flexibility index (Phi) is 6.23. The van der Waals surface area contributed by atoms with Gasteiger partial charge in [0.1, 0.15) is 18.1 Å². The van der Waals surface area contributed by atoms with E-state index in [1.165, 1.54) is 18.4 Å². The zero-order chi connectivity index (χ0) is 15.0. The molecule has 2 rings (SSSR count). The minimum Gasteiger partial charge on any atom is -0.490 e. The van der Waals surface area contributed by atoms with E-state index in [4.69, 9.17) is 15.2 Å². The van der Waals surface area contributed by atoms with Gasteiger partial charge in [-0.1, -0.05) is 24.3 Å². The summed E-state index contributed by atoms with van der Waals surface area (Å²) in [5, 5.41) is 3.52. The number of nitrogens with one attached hydrogen (secondary N) is 1. The van der Waals surface area contributed by atoms with E-state index < -0.39 is 0 Å². The van der Waals surface area contributed by atoms with E-state index in [2.05, 4.69) is 17.4 Å². The summed E-state index contributed by atoms with van der Waals surface area (Å²) < 4.78 is 11.4. The third-order valence-electron chi connectivity index (χ3n) is 3.91. The van der Waals surface area contributed by atoms with E-state index in [0.29, 0.717) is 13.2 Å². The van der Waals surface area contributed by atoms with Crippen LogP contribution in [0.15, 0.2) is 36.4 Å². The van der Waals surface area contributed by atoms with Crippen LogP contribution in [0.4, 0.5) is 0 Å². The van der Waals surface area contributed by atoms with Crippen LogP contribution in [0.2, 0.25) is 0 Å². The number of hydrogen-bond acceptors (Lipinski definition) is 4. The summed E-state index contributed by atoms with van der Waals surface area (Å²) in [7, 11) is 1.79. The van der Waals surface area contributed by atoms with Gasteiger partial charge >= 0.3 is 0 Å². The van der Waals surface area contributed by atoms with Crippen molar-refractivity contribution in [2.75, 3.05) is 26.8 Å². The molecule has 1 aliphatic rings. The fraction of sp³-hybridized carbons (Fsp3) is 0.529. The van der Waals surface area contributed by atoms with Crippen LogP contribution >= 0.6 is 0 Å². The van der Waals surface area contributed by atoms with Crippen molar-refractivity contribution in [1.29, 1.82) is 0 Å². The van der Waals surface area contributed by atoms with Gasteiger partial charge in [0, 0.05) is 20.1 Å². The molecule has 21 heavy (non-hydrogen) atoms. The molecule has 116 valence electrons. The van der Waals surface area contributed by atoms with Crippen molar-refractivity contribution in [2.45, 2.75) is 31.4 Å². The number of hydrogen-bond donors (Lipinski definition) is 2. The first-order chi connectivity index (χ1) is 10.3. The van der Waals surface area contributed by atoms with Gasteiger partial charge in [0.15, 0.2) is 0 Å². The topological polar surface area (TPSA) is 56.5 Å². The minimum atomic E-state index is -0.204. The van der Waals surface area contributed by atoms with Crippen LogP contribution in [-0.4, -0.2) is 32.5 Å². The number of piperidine rings is 1. The Bertz CT molecular complexity index is 437. The number of methoxy groups -OCH3 is 1. The summed E-state index contributed by atoms with van der Waals surface area (Å²) in [5.41, 5.74) is 6.44. The lowest BCUT2D eigenvalue weighted by molar-refractivity contribution is -0.0582. The van der Waals surface area contributed by atoms with Crippen molar-refractivity contribution in [3.8, 4) is 5.75 Å². The first-order valence-corrected chi connectivity index (χ1v) is 7.65. The average molecular weight is 290 g/mol. The van der Waals surface area contributed by atoms with Crippen LogP contribution in [0.3, 0.4) is 0 Å². The second kappa shape index (κ2) is 8.17. The van der Waals surface area contributed by atoms with Gasteiger partial charge in [-0.3, -0.25) is 5.32 Å². The van der Waals surface area contributed by atoms with Crippen molar-refractivity contribution in [3.05, 3.63) is 42.0 Å². The largest absolute Gasteiger partial charge is 0.490 e. The molecule has 0 spiro atoms. The summed E-state index contributed by atoms with van der Waals surface area (Å²) in [6.07, 6.45) is 8.22. The highest BCUT2D eigenvalue weighted by atomic mass is 16.5. The molecule has 1 fully saturated rings. The van der Waals surface area contributed by atoms with E-state index in [9.17, 15) is 0 Å². The van der Waals surface area contributed by atoms with Crippen molar-refractivity contribution in [3.63, 3.8) is 0 Å². The van der Waals surface area contributed by atoms with Crippen LogP contribution in [-0.2, 0) is 11.2 Å². The molecule has 1 heterocycles. The first kappa shape index (κ1) is 16.0. The summed E-state index contributed by atoms with van der Waals surface area (Å²) in [6, 6.07) is 8.24. The Morgan fingerprint density at radius 2 is 2.05 bits per heavy atom. The van der Waals surface area contributed by atoms with E-state index in [-0.39, 0.29) is 5.72 Å². The highest BCUT2D eigenvalue weighted by molar-refractivity contribution is 5.28. The van der Waals surface area contributed by atoms with Crippen LogP contribution < -0.4 is 15.8 Å². The molecule has 1 aliphatic heterocycles. The zero-order valence-electron chi connectivity index (χ0n) is 12.8. The van der Waals surface area contributed by atoms with E-state index in [1.807, 2.05) is 24.3 Å². The quantitative estimate of drug-likeness (QED) is 0.756. The van der Waals surface area contributed by atoms with Crippen LogP contribution in [0.25, 0.3) is 0 Å². The van der Waals surface area contributed by atoms with Gasteiger partial charge in [0.05, 0.1) is 0 Å². The second-order valence-electron chi connectivity index (χ2n) is 5.42. The highest BCUT2D eigenvalue weighted by Crippen LogP contribution is 2.25. The standard InChI is InChI=1S/C17H26N2O2/c1-20-17(10-2-4-12-19-17)14-15-6-8-16(9-7-15)21-13-5-3-11-18/h3,5-9,19H,2,4,10-14,18H2,1H3. The Morgan fingerprint density at radius 1 is 1.24 bits per heavy atom. The molecule has 0 bridgehead atoms. The Morgan fingerprint density at radius 3 is 2.67 bits per heavy atom. The third kappa shape index (κ3) is 4.84. The molecular formula is C17H26N2O2. The predicted octanol–water partition coefficient (Wildman–Crippen LogP) is 2.24. The van der Waals surface area contributed by atoms with E-state index in [1.54, 1.807) is 7.11 Å². The molecule has 1 saturated heterocycles. The monoisotopic (exact) mass is 290 g/mol. The molecule has 1 atom stereocenters. The van der Waals surface area contributed by atoms with Gasteiger partial charge in [-0.2, -0.15) is 0 Å². The lowest BCUT2D eigenvalue weighted by Gasteiger charge is -2.37. The maximum Gasteiger partial charge on any atom is 0.122 e. The van der Waals surface area contributed by atoms with Gasteiger partial charge in [-0.05, 0) is 43.5 Å². The van der Waals surface area contributed by atoms with Crippen molar-refractivity contribution in [1.82, 2.24) is 5.32 Å². The maximum atomic E-state index is 5.74. The minimum absolute atomic E-state index is 0.204. The Labute approximate surface area is 127 Å². The van der Waals surface area contributed by atoms with Crippen molar-refractivity contribution < 1.29 is 9.47 Å². The molecule has 3 N–H and O–H groups in total. The molecule has 1 aromatic rings. The molecule has 1 unspecified atom stereocenters. The summed E-state index contributed by atoms with van der Waals surface area (Å²) in [4.78, 5) is 0. The smallest absolute Gasteiger partial charge is 0.122 e. The SMILES string of the molecule is COC1(Cc2ccc(OCC=CCN)cc2)CCCCN1. The average Bonchev–Trinajstić information content (AvgIpc) is 2.54. The molecule has 4 heteroatoms. The van der Waals surface area contributed by atoms with E-state index >= 15 is 0 Å². The van der Waals surface area contributed by atoms with E-state index in [0.717, 1.165) is 25.1 Å². The fourth-order valence-electron chi connectivity index (χ4n) is 2.68. The molecule has 0 aliphatic carbocycles. The van der Waals surface area contributed by atoms with Crippen molar-refractivity contribution in [2.24, 2.45) is 5.73 Å². The number of benzene rings is 1. The Balaban J connectivity index is 1.90. The molecular weight excluding hydrogens is 264 g/mol. The lowest BCUT2D eigenvalue weighted by Crippen LogP contribution is -2.51. The van der Waals surface area contributed by atoms with Gasteiger partial charge in [0.2, 0.25) is 0 Å². The number of ether oxygens (including phenoxy) is 2. The zero-order valence-corrected chi connectivity index (χ0v) is 12.8. The molecule has 0 aromatic heterocycles.